The van der Waals surface area contributed by atoms with Gasteiger partial charge in [0, 0.05) is 30.7 Å². The first kappa shape index (κ1) is 16.0. The molecule has 0 aliphatic heterocycles. The van der Waals surface area contributed by atoms with Gasteiger partial charge in [-0.25, -0.2) is 0 Å². The van der Waals surface area contributed by atoms with Gasteiger partial charge in [0.2, 0.25) is 0 Å². The predicted molar refractivity (Wildman–Crippen MR) is 21.9 cm³/mol. The Bertz CT molecular complexity index is 100. The average molecular weight is 204 g/mol. The summed E-state index contributed by atoms with van der Waals surface area (Å²) in [4.78, 5) is 0. The molecule has 0 rings (SSSR count). The molecule has 0 bridgehead atoms. The Morgan fingerprint density at radius 1 is 1.57 bits per heavy atom. The van der Waals surface area contributed by atoms with Crippen LogP contribution in [0.2, 0.25) is 0 Å². The molecule has 0 saturated carbocycles. The van der Waals surface area contributed by atoms with Crippen molar-refractivity contribution >= 4 is 20.2 Å². The van der Waals surface area contributed by atoms with Crippen LogP contribution in [0.15, 0.2) is 0 Å². The topological polar surface area (TPSA) is 57.5 Å². The fraction of sp³-hybridized carbons (Fsp3) is 0. The molecule has 7 heteroatoms. The van der Waals surface area contributed by atoms with E-state index in [1.807, 2.05) is 0 Å². The van der Waals surface area contributed by atoms with Gasteiger partial charge in [-0.15, -0.1) is 0 Å². The third-order valence-electron chi connectivity index (χ3n) is 0. The molecular weight excluding hydrogens is 201 g/mol. The zero-order chi connectivity index (χ0) is 4.50. The van der Waals surface area contributed by atoms with Crippen LogP contribution in [0.3, 0.4) is 0 Å². The minimum absolute atomic E-state index is 0. The predicted octanol–water partition coefficient (Wildman–Crippen LogP) is -3.21. The van der Waals surface area contributed by atoms with Gasteiger partial charge in [-0.3, -0.25) is 9.11 Å². The van der Waals surface area contributed by atoms with Gasteiger partial charge in [-0.2, -0.15) is 4.21 Å². The molecule has 7 heavy (non-hydrogen) atoms. The van der Waals surface area contributed by atoms with Crippen molar-refractivity contribution in [1.82, 2.24) is 0 Å². The van der Waals surface area contributed by atoms with E-state index in [0.717, 1.165) is 0 Å². The molecule has 0 fully saturated rings. The fourth-order valence-corrected chi connectivity index (χ4v) is 0. The molecule has 0 atom stereocenters. The van der Waals surface area contributed by atoms with E-state index in [1.54, 1.807) is 0 Å². The smallest absolute Gasteiger partial charge is 1.00 e. The standard InChI is InChI=1S/Na.H2O3S2.Zn.H/c;1-5(2,3)4;;/h;(H2,1,2,3,4);;/q+1;;;-1. The summed E-state index contributed by atoms with van der Waals surface area (Å²) in [5.74, 6) is 0. The quantitative estimate of drug-likeness (QED) is 0.407. The summed E-state index contributed by atoms with van der Waals surface area (Å²) >= 11 is 3.47. The van der Waals surface area contributed by atoms with Gasteiger partial charge in [0.05, 0.1) is 0 Å². The minimum Gasteiger partial charge on any atom is -1.00 e. The zero-order valence-corrected chi connectivity index (χ0v) is 10.4. The van der Waals surface area contributed by atoms with Crippen LogP contribution in [0.5, 0.6) is 0 Å². The molecule has 0 aliphatic rings. The van der Waals surface area contributed by atoms with Gasteiger partial charge in [-0.1, -0.05) is 0 Å². The maximum absolute atomic E-state index is 9.11. The number of hydrogen-bond donors (Lipinski definition) is 2. The Morgan fingerprint density at radius 2 is 1.57 bits per heavy atom. The van der Waals surface area contributed by atoms with Crippen LogP contribution in [0.25, 0.3) is 0 Å². The minimum atomic E-state index is -3.83. The van der Waals surface area contributed by atoms with Gasteiger partial charge in [0.1, 0.15) is 0 Å². The van der Waals surface area contributed by atoms with E-state index in [2.05, 4.69) is 11.2 Å². The van der Waals surface area contributed by atoms with Crippen molar-refractivity contribution < 1.29 is 63.8 Å². The first-order valence-corrected chi connectivity index (χ1v) is 3.10. The summed E-state index contributed by atoms with van der Waals surface area (Å²) in [6, 6.07) is 0. The van der Waals surface area contributed by atoms with Crippen LogP contribution in [0.1, 0.15) is 1.43 Å². The monoisotopic (exact) mass is 202 g/mol. The van der Waals surface area contributed by atoms with Crippen molar-refractivity contribution in [1.29, 1.82) is 0 Å². The SMILES string of the molecule is O=S(O)(O)=S.[H-].[Na+].[Zn]. The van der Waals surface area contributed by atoms with Crippen molar-refractivity contribution in [3.8, 4) is 0 Å². The van der Waals surface area contributed by atoms with Crippen LogP contribution < -0.4 is 29.6 Å². The van der Waals surface area contributed by atoms with Crippen LogP contribution in [-0.2, 0) is 39.7 Å². The molecule has 0 spiro atoms. The number of hydrogen-bond acceptors (Lipinski definition) is 2. The molecule has 0 aromatic heterocycles. The molecule has 0 saturated heterocycles. The average Bonchev–Trinajstić information content (AvgIpc) is 0.722. The van der Waals surface area contributed by atoms with Crippen LogP contribution >= 0.6 is 0 Å². The van der Waals surface area contributed by atoms with Crippen LogP contribution in [0.4, 0.5) is 0 Å². The molecule has 0 radical (unpaired) electrons. The Kier molecular flexibility index (Phi) is 13.8. The second-order valence-electron chi connectivity index (χ2n) is 0.448. The Morgan fingerprint density at radius 3 is 1.57 bits per heavy atom. The summed E-state index contributed by atoms with van der Waals surface area (Å²) in [7, 11) is -3.83. The summed E-state index contributed by atoms with van der Waals surface area (Å²) in [5.41, 5.74) is 0. The zero-order valence-electron chi connectivity index (χ0n) is 4.83. The van der Waals surface area contributed by atoms with Crippen molar-refractivity contribution in [2.45, 2.75) is 0 Å². The van der Waals surface area contributed by atoms with E-state index in [4.69, 9.17) is 13.3 Å². The molecule has 0 heterocycles. The molecule has 3 nitrogen and oxygen atoms in total. The maximum atomic E-state index is 9.11. The largest absolute Gasteiger partial charge is 1.00 e. The van der Waals surface area contributed by atoms with Crippen molar-refractivity contribution in [2.24, 2.45) is 0 Å². The van der Waals surface area contributed by atoms with E-state index >= 15 is 0 Å². The Balaban J connectivity index is -0.0000000267. The maximum Gasteiger partial charge on any atom is 1.00 e. The van der Waals surface area contributed by atoms with Gasteiger partial charge < -0.3 is 1.43 Å². The summed E-state index contributed by atoms with van der Waals surface area (Å²) in [6.45, 7) is 0. The second-order valence-corrected chi connectivity index (χ2v) is 2.65. The summed E-state index contributed by atoms with van der Waals surface area (Å²) in [6.07, 6.45) is 0. The normalized spacial score (nSPS) is 8.29. The van der Waals surface area contributed by atoms with Gasteiger partial charge in [0.25, 0.3) is 9.05 Å². The molecule has 0 amide bonds. The molecule has 0 unspecified atom stereocenters. The summed E-state index contributed by atoms with van der Waals surface area (Å²) in [5, 5.41) is 0. The molecule has 36 valence electrons. The van der Waals surface area contributed by atoms with Gasteiger partial charge >= 0.3 is 29.6 Å². The number of rotatable bonds is 0. The van der Waals surface area contributed by atoms with E-state index in [0.29, 0.717) is 0 Å². The van der Waals surface area contributed by atoms with Crippen LogP contribution in [-0.4, -0.2) is 13.3 Å². The molecule has 0 aromatic carbocycles. The van der Waals surface area contributed by atoms with Gasteiger partial charge in [-0.05, 0) is 0 Å². The first-order valence-electron chi connectivity index (χ1n) is 0.698. The van der Waals surface area contributed by atoms with E-state index in [-0.39, 0.29) is 50.5 Å². The van der Waals surface area contributed by atoms with E-state index in [9.17, 15) is 0 Å². The van der Waals surface area contributed by atoms with Crippen molar-refractivity contribution in [3.05, 3.63) is 0 Å². The Hall–Kier alpha value is 1.91. The molecular formula is H3NaO3S2Zn. The first-order chi connectivity index (χ1) is 2.00. The molecule has 0 aliphatic carbocycles. The van der Waals surface area contributed by atoms with E-state index in [1.165, 1.54) is 0 Å². The van der Waals surface area contributed by atoms with Crippen molar-refractivity contribution in [3.63, 3.8) is 0 Å². The van der Waals surface area contributed by atoms with E-state index < -0.39 is 9.05 Å². The van der Waals surface area contributed by atoms with Crippen molar-refractivity contribution in [2.75, 3.05) is 0 Å². The fourth-order valence-electron chi connectivity index (χ4n) is 0. The Labute approximate surface area is 83.1 Å². The van der Waals surface area contributed by atoms with Gasteiger partial charge in [0.15, 0.2) is 0 Å². The molecule has 0 aromatic rings. The third kappa shape index (κ3) is 75.6. The van der Waals surface area contributed by atoms with Crippen LogP contribution in [0, 0.1) is 0 Å². The molecule has 2 N–H and O–H groups in total. The summed E-state index contributed by atoms with van der Waals surface area (Å²) < 4.78 is 24.0. The second kappa shape index (κ2) is 6.04. The third-order valence-corrected chi connectivity index (χ3v) is 0.